The van der Waals surface area contributed by atoms with Gasteiger partial charge in [-0.25, -0.2) is 4.79 Å². The lowest BCUT2D eigenvalue weighted by atomic mass is 10.0. The molecule has 0 spiro atoms. The first kappa shape index (κ1) is 16.6. The Bertz CT molecular complexity index is 690. The summed E-state index contributed by atoms with van der Waals surface area (Å²) in [6, 6.07) is 14.4. The first-order valence-electron chi connectivity index (χ1n) is 7.47. The lowest BCUT2D eigenvalue weighted by Gasteiger charge is -2.11. The molecule has 0 fully saturated rings. The highest BCUT2D eigenvalue weighted by atomic mass is 16.5. The number of hydrogen-bond acceptors (Lipinski definition) is 3. The summed E-state index contributed by atoms with van der Waals surface area (Å²) in [5.74, 6) is 0.274. The van der Waals surface area contributed by atoms with Crippen LogP contribution in [0, 0.1) is 0 Å². The molecule has 0 atom stereocenters. The van der Waals surface area contributed by atoms with Crippen LogP contribution in [0.2, 0.25) is 0 Å². The van der Waals surface area contributed by atoms with Crippen molar-refractivity contribution < 1.29 is 19.4 Å². The highest BCUT2D eigenvalue weighted by Gasteiger charge is 2.11. The van der Waals surface area contributed by atoms with E-state index >= 15 is 0 Å². The van der Waals surface area contributed by atoms with Crippen LogP contribution >= 0.6 is 0 Å². The number of rotatable bonds is 7. The number of carboxylic acids is 1. The largest absolute Gasteiger partial charge is 0.493 e. The van der Waals surface area contributed by atoms with Crippen LogP contribution in [0.5, 0.6) is 11.5 Å². The van der Waals surface area contributed by atoms with Gasteiger partial charge in [-0.15, -0.1) is 0 Å². The Kier molecular flexibility index (Phi) is 5.80. The van der Waals surface area contributed by atoms with Gasteiger partial charge in [0.25, 0.3) is 0 Å². The summed E-state index contributed by atoms with van der Waals surface area (Å²) in [7, 11) is 1.58. The second-order valence-corrected chi connectivity index (χ2v) is 4.99. The molecule has 0 saturated heterocycles. The normalized spacial score (nSPS) is 11.1. The second kappa shape index (κ2) is 8.03. The minimum Gasteiger partial charge on any atom is -0.493 e. The van der Waals surface area contributed by atoms with E-state index in [4.69, 9.17) is 9.47 Å². The fourth-order valence-corrected chi connectivity index (χ4v) is 2.16. The molecule has 0 aliphatic carbocycles. The monoisotopic (exact) mass is 312 g/mol. The summed E-state index contributed by atoms with van der Waals surface area (Å²) in [5, 5.41) is 9.48. The van der Waals surface area contributed by atoms with Crippen molar-refractivity contribution in [1.82, 2.24) is 0 Å². The molecule has 0 aromatic heterocycles. The molecule has 0 bridgehead atoms. The Hall–Kier alpha value is -2.75. The van der Waals surface area contributed by atoms with E-state index in [1.54, 1.807) is 37.5 Å². The fourth-order valence-electron chi connectivity index (χ4n) is 2.16. The number of benzene rings is 2. The SMILES string of the molecule is CCCOc1cc(/C=C(\C(=O)O)c2ccccc2)ccc1OC. The number of ether oxygens (including phenoxy) is 2. The van der Waals surface area contributed by atoms with E-state index in [2.05, 4.69) is 0 Å². The van der Waals surface area contributed by atoms with Crippen molar-refractivity contribution in [3.05, 3.63) is 59.7 Å². The van der Waals surface area contributed by atoms with Crippen LogP contribution in [0.1, 0.15) is 24.5 Å². The number of hydrogen-bond donors (Lipinski definition) is 1. The molecule has 120 valence electrons. The molecule has 4 nitrogen and oxygen atoms in total. The molecule has 2 aromatic rings. The first-order valence-corrected chi connectivity index (χ1v) is 7.47. The molecule has 23 heavy (non-hydrogen) atoms. The molecule has 0 saturated carbocycles. The summed E-state index contributed by atoms with van der Waals surface area (Å²) in [6.45, 7) is 2.60. The third-order valence-electron chi connectivity index (χ3n) is 3.28. The molecule has 0 heterocycles. The van der Waals surface area contributed by atoms with Gasteiger partial charge >= 0.3 is 5.97 Å². The van der Waals surface area contributed by atoms with Gasteiger partial charge in [0.05, 0.1) is 19.3 Å². The van der Waals surface area contributed by atoms with Crippen molar-refractivity contribution in [3.63, 3.8) is 0 Å². The maximum Gasteiger partial charge on any atom is 0.336 e. The van der Waals surface area contributed by atoms with Crippen LogP contribution in [0.4, 0.5) is 0 Å². The second-order valence-electron chi connectivity index (χ2n) is 4.99. The Labute approximate surface area is 136 Å². The van der Waals surface area contributed by atoms with Crippen molar-refractivity contribution in [1.29, 1.82) is 0 Å². The van der Waals surface area contributed by atoms with Gasteiger partial charge in [-0.1, -0.05) is 43.3 Å². The summed E-state index contributed by atoms with van der Waals surface area (Å²) in [5.41, 5.74) is 1.64. The molecular formula is C19H20O4. The molecule has 2 aromatic carbocycles. The smallest absolute Gasteiger partial charge is 0.336 e. The van der Waals surface area contributed by atoms with Crippen LogP contribution in [0.15, 0.2) is 48.5 Å². The van der Waals surface area contributed by atoms with Crippen molar-refractivity contribution in [2.75, 3.05) is 13.7 Å². The molecule has 4 heteroatoms. The van der Waals surface area contributed by atoms with E-state index in [1.807, 2.05) is 31.2 Å². The average molecular weight is 312 g/mol. The zero-order valence-corrected chi connectivity index (χ0v) is 13.3. The highest BCUT2D eigenvalue weighted by molar-refractivity contribution is 6.20. The Morgan fingerprint density at radius 2 is 1.87 bits per heavy atom. The van der Waals surface area contributed by atoms with Gasteiger partial charge < -0.3 is 14.6 Å². The number of carbonyl (C=O) groups is 1. The van der Waals surface area contributed by atoms with Crippen LogP contribution in [-0.4, -0.2) is 24.8 Å². The molecule has 0 unspecified atom stereocenters. The number of carboxylic acid groups (broad SMARTS) is 1. The van der Waals surface area contributed by atoms with Gasteiger partial charge in [0.15, 0.2) is 11.5 Å². The molecule has 0 radical (unpaired) electrons. The lowest BCUT2D eigenvalue weighted by molar-refractivity contribution is -0.130. The Balaban J connectivity index is 2.41. The third-order valence-corrected chi connectivity index (χ3v) is 3.28. The van der Waals surface area contributed by atoms with Crippen LogP contribution in [-0.2, 0) is 4.79 Å². The topological polar surface area (TPSA) is 55.8 Å². The minimum absolute atomic E-state index is 0.234. The van der Waals surface area contributed by atoms with Gasteiger partial charge in [-0.3, -0.25) is 0 Å². The zero-order chi connectivity index (χ0) is 16.7. The van der Waals surface area contributed by atoms with E-state index in [1.165, 1.54) is 0 Å². The third kappa shape index (κ3) is 4.36. The zero-order valence-electron chi connectivity index (χ0n) is 13.3. The quantitative estimate of drug-likeness (QED) is 0.617. The summed E-state index contributed by atoms with van der Waals surface area (Å²) in [6.07, 6.45) is 2.52. The Morgan fingerprint density at radius 1 is 1.13 bits per heavy atom. The Morgan fingerprint density at radius 3 is 2.48 bits per heavy atom. The highest BCUT2D eigenvalue weighted by Crippen LogP contribution is 2.30. The average Bonchev–Trinajstić information content (AvgIpc) is 2.58. The molecule has 0 aliphatic rings. The van der Waals surface area contributed by atoms with E-state index in [9.17, 15) is 9.90 Å². The molecule has 0 aliphatic heterocycles. The van der Waals surface area contributed by atoms with Crippen LogP contribution < -0.4 is 9.47 Å². The van der Waals surface area contributed by atoms with E-state index in [0.717, 1.165) is 12.0 Å². The summed E-state index contributed by atoms with van der Waals surface area (Å²) >= 11 is 0. The summed E-state index contributed by atoms with van der Waals surface area (Å²) in [4.78, 5) is 11.6. The molecule has 0 amide bonds. The predicted octanol–water partition coefficient (Wildman–Crippen LogP) is 4.11. The van der Waals surface area contributed by atoms with Crippen molar-refractivity contribution in [2.24, 2.45) is 0 Å². The maximum atomic E-state index is 11.6. The van der Waals surface area contributed by atoms with Crippen molar-refractivity contribution in [3.8, 4) is 11.5 Å². The molecule has 1 N–H and O–H groups in total. The predicted molar refractivity (Wildman–Crippen MR) is 90.7 cm³/mol. The van der Waals surface area contributed by atoms with Crippen molar-refractivity contribution in [2.45, 2.75) is 13.3 Å². The molecular weight excluding hydrogens is 292 g/mol. The van der Waals surface area contributed by atoms with Crippen LogP contribution in [0.25, 0.3) is 11.6 Å². The van der Waals surface area contributed by atoms with Gasteiger partial charge in [0.1, 0.15) is 0 Å². The number of methoxy groups -OCH3 is 1. The minimum atomic E-state index is -0.969. The fraction of sp³-hybridized carbons (Fsp3) is 0.211. The van der Waals surface area contributed by atoms with Gasteiger partial charge in [0.2, 0.25) is 0 Å². The van der Waals surface area contributed by atoms with E-state index in [0.29, 0.717) is 23.7 Å². The maximum absolute atomic E-state index is 11.6. The van der Waals surface area contributed by atoms with Gasteiger partial charge in [-0.05, 0) is 35.8 Å². The van der Waals surface area contributed by atoms with Gasteiger partial charge in [-0.2, -0.15) is 0 Å². The standard InChI is InChI=1S/C19H20O4/c1-3-11-23-18-13-14(9-10-17(18)22-2)12-16(19(20)21)15-7-5-4-6-8-15/h4-10,12-13H,3,11H2,1-2H3,(H,20,21)/b16-12-. The van der Waals surface area contributed by atoms with E-state index in [-0.39, 0.29) is 5.57 Å². The van der Waals surface area contributed by atoms with Crippen molar-refractivity contribution >= 4 is 17.6 Å². The van der Waals surface area contributed by atoms with E-state index < -0.39 is 5.97 Å². The van der Waals surface area contributed by atoms with Crippen LogP contribution in [0.3, 0.4) is 0 Å². The number of aliphatic carboxylic acids is 1. The van der Waals surface area contributed by atoms with Gasteiger partial charge in [0, 0.05) is 0 Å². The first-order chi connectivity index (χ1) is 11.2. The summed E-state index contributed by atoms with van der Waals surface area (Å²) < 4.78 is 10.9. The lowest BCUT2D eigenvalue weighted by Crippen LogP contribution is -2.00. The molecule has 2 rings (SSSR count).